The number of carbonyl (C=O) groups excluding carboxylic acids is 1. The molecule has 3 nitrogen and oxygen atoms in total. The number of amides is 1. The highest BCUT2D eigenvalue weighted by Gasteiger charge is 2.08. The highest BCUT2D eigenvalue weighted by Crippen LogP contribution is 2.01. The summed E-state index contributed by atoms with van der Waals surface area (Å²) in [6.07, 6.45) is 0.685. The fraction of sp³-hybridized carbons (Fsp3) is 0.800. The Labute approximate surface area is 48.1 Å². The standard InChI is InChI=1S/C5H9NO2/c1-3-4(2)5(7)6-8/h4H,3H2,1-2H3. The smallest absolute Gasteiger partial charge is 0.269 e. The van der Waals surface area contributed by atoms with Gasteiger partial charge in [-0.1, -0.05) is 13.8 Å². The van der Waals surface area contributed by atoms with E-state index in [4.69, 9.17) is 0 Å². The van der Waals surface area contributed by atoms with Gasteiger partial charge in [0.05, 0.1) is 0 Å². The molecule has 0 aromatic heterocycles. The molecule has 0 spiro atoms. The summed E-state index contributed by atoms with van der Waals surface area (Å²) in [6.45, 7) is 3.53. The molecule has 0 aromatic carbocycles. The predicted octanol–water partition coefficient (Wildman–Crippen LogP) is 1.33. The SMILES string of the molecule is CCC(C)C(=O)N=O. The Bertz CT molecular complexity index is 101. The number of nitrogens with zero attached hydrogens (tertiary/aromatic N) is 1. The second-order valence-electron chi connectivity index (χ2n) is 1.74. The third-order valence-electron chi connectivity index (χ3n) is 1.12. The van der Waals surface area contributed by atoms with Gasteiger partial charge in [0, 0.05) is 11.1 Å². The van der Waals surface area contributed by atoms with E-state index >= 15 is 0 Å². The molecule has 0 aliphatic carbocycles. The van der Waals surface area contributed by atoms with Crippen LogP contribution in [0.2, 0.25) is 0 Å². The number of nitroso groups, excluding NO2 is 1. The zero-order valence-corrected chi connectivity index (χ0v) is 5.05. The molecule has 0 heterocycles. The molecule has 0 N–H and O–H groups in total. The summed E-state index contributed by atoms with van der Waals surface area (Å²) in [5.41, 5.74) is 0. The first kappa shape index (κ1) is 7.27. The molecule has 0 aromatic rings. The third-order valence-corrected chi connectivity index (χ3v) is 1.12. The second kappa shape index (κ2) is 3.29. The molecule has 0 aliphatic heterocycles. The van der Waals surface area contributed by atoms with Crippen LogP contribution in [-0.2, 0) is 4.79 Å². The van der Waals surface area contributed by atoms with E-state index in [1.54, 1.807) is 6.92 Å². The third kappa shape index (κ3) is 1.82. The molecule has 1 unspecified atom stereocenters. The van der Waals surface area contributed by atoms with Crippen molar-refractivity contribution in [2.24, 2.45) is 11.1 Å². The lowest BCUT2D eigenvalue weighted by molar-refractivity contribution is -0.121. The minimum Gasteiger partial charge on any atom is -0.269 e. The normalized spacial score (nSPS) is 12.8. The molecule has 0 saturated carbocycles. The summed E-state index contributed by atoms with van der Waals surface area (Å²) >= 11 is 0. The van der Waals surface area contributed by atoms with E-state index in [-0.39, 0.29) is 5.92 Å². The van der Waals surface area contributed by atoms with Gasteiger partial charge in [0.1, 0.15) is 0 Å². The molecule has 0 radical (unpaired) electrons. The van der Waals surface area contributed by atoms with Crippen molar-refractivity contribution in [1.29, 1.82) is 0 Å². The van der Waals surface area contributed by atoms with E-state index in [1.165, 1.54) is 0 Å². The van der Waals surface area contributed by atoms with Crippen molar-refractivity contribution in [1.82, 2.24) is 0 Å². The van der Waals surface area contributed by atoms with E-state index in [0.29, 0.717) is 6.42 Å². The van der Waals surface area contributed by atoms with Crippen molar-refractivity contribution in [3.63, 3.8) is 0 Å². The maximum atomic E-state index is 10.3. The van der Waals surface area contributed by atoms with Crippen molar-refractivity contribution in [2.75, 3.05) is 0 Å². The Hall–Kier alpha value is -0.730. The second-order valence-corrected chi connectivity index (χ2v) is 1.74. The van der Waals surface area contributed by atoms with Crippen LogP contribution in [0.25, 0.3) is 0 Å². The van der Waals surface area contributed by atoms with Crippen molar-refractivity contribution < 1.29 is 4.79 Å². The summed E-state index contributed by atoms with van der Waals surface area (Å²) in [6, 6.07) is 0. The Morgan fingerprint density at radius 3 is 2.38 bits per heavy atom. The molecular weight excluding hydrogens is 106 g/mol. The number of hydrogen-bond acceptors (Lipinski definition) is 2. The van der Waals surface area contributed by atoms with E-state index < -0.39 is 5.91 Å². The average Bonchev–Trinajstić information content (AvgIpc) is 1.84. The van der Waals surface area contributed by atoms with Crippen molar-refractivity contribution in [3.05, 3.63) is 4.91 Å². The first-order valence-corrected chi connectivity index (χ1v) is 2.59. The monoisotopic (exact) mass is 115 g/mol. The summed E-state index contributed by atoms with van der Waals surface area (Å²) in [5, 5.41) is 2.27. The van der Waals surface area contributed by atoms with Gasteiger partial charge in [-0.15, -0.1) is 4.91 Å². The molecule has 46 valence electrons. The van der Waals surface area contributed by atoms with Crippen LogP contribution in [0.1, 0.15) is 20.3 Å². The summed E-state index contributed by atoms with van der Waals surface area (Å²) in [5.74, 6) is -0.750. The highest BCUT2D eigenvalue weighted by molar-refractivity contribution is 5.78. The maximum absolute atomic E-state index is 10.3. The Morgan fingerprint density at radius 1 is 1.75 bits per heavy atom. The quantitative estimate of drug-likeness (QED) is 0.509. The molecule has 0 bridgehead atoms. The number of hydrogen-bond donors (Lipinski definition) is 0. The van der Waals surface area contributed by atoms with Gasteiger partial charge >= 0.3 is 0 Å². The summed E-state index contributed by atoms with van der Waals surface area (Å²) < 4.78 is 0. The van der Waals surface area contributed by atoms with Gasteiger partial charge in [0.25, 0.3) is 5.91 Å². The lowest BCUT2D eigenvalue weighted by Gasteiger charge is -1.95. The fourth-order valence-electron chi connectivity index (χ4n) is 0.265. The van der Waals surface area contributed by atoms with Gasteiger partial charge in [-0.05, 0) is 6.42 Å². The predicted molar refractivity (Wildman–Crippen MR) is 30.3 cm³/mol. The van der Waals surface area contributed by atoms with Gasteiger partial charge in [-0.3, -0.25) is 4.79 Å². The molecule has 8 heavy (non-hydrogen) atoms. The Kier molecular flexibility index (Phi) is 2.99. The molecule has 3 heteroatoms. The van der Waals surface area contributed by atoms with Gasteiger partial charge in [-0.2, -0.15) is 0 Å². The van der Waals surface area contributed by atoms with Crippen molar-refractivity contribution in [3.8, 4) is 0 Å². The van der Waals surface area contributed by atoms with Crippen molar-refractivity contribution in [2.45, 2.75) is 20.3 Å². The number of carbonyl (C=O) groups is 1. The van der Waals surface area contributed by atoms with Crippen LogP contribution in [-0.4, -0.2) is 5.91 Å². The first-order valence-electron chi connectivity index (χ1n) is 2.59. The molecule has 1 amide bonds. The van der Waals surface area contributed by atoms with Gasteiger partial charge in [-0.25, -0.2) is 0 Å². The fourth-order valence-corrected chi connectivity index (χ4v) is 0.265. The van der Waals surface area contributed by atoms with E-state index in [0.717, 1.165) is 0 Å². The van der Waals surface area contributed by atoms with Gasteiger partial charge in [0.2, 0.25) is 0 Å². The largest absolute Gasteiger partial charge is 0.289 e. The minimum absolute atomic E-state index is 0.201. The van der Waals surface area contributed by atoms with E-state index in [9.17, 15) is 9.70 Å². The minimum atomic E-state index is -0.549. The van der Waals surface area contributed by atoms with Crippen LogP contribution >= 0.6 is 0 Å². The van der Waals surface area contributed by atoms with Crippen LogP contribution in [0.3, 0.4) is 0 Å². The number of rotatable bonds is 2. The zero-order chi connectivity index (χ0) is 6.57. The zero-order valence-electron chi connectivity index (χ0n) is 5.05. The highest BCUT2D eigenvalue weighted by atomic mass is 16.3. The van der Waals surface area contributed by atoms with Crippen LogP contribution in [0, 0.1) is 10.8 Å². The topological polar surface area (TPSA) is 46.5 Å². The molecule has 0 fully saturated rings. The van der Waals surface area contributed by atoms with E-state index in [2.05, 4.69) is 5.18 Å². The molecule has 0 saturated heterocycles. The lowest BCUT2D eigenvalue weighted by atomic mass is 10.1. The molecule has 1 atom stereocenters. The Morgan fingerprint density at radius 2 is 2.25 bits per heavy atom. The molecule has 0 rings (SSSR count). The summed E-state index contributed by atoms with van der Waals surface area (Å²) in [7, 11) is 0. The van der Waals surface area contributed by atoms with E-state index in [1.807, 2.05) is 6.92 Å². The van der Waals surface area contributed by atoms with Crippen LogP contribution in [0.15, 0.2) is 5.18 Å². The molecular formula is C5H9NO2. The van der Waals surface area contributed by atoms with Crippen molar-refractivity contribution >= 4 is 5.91 Å². The Balaban J connectivity index is 3.62. The maximum Gasteiger partial charge on any atom is 0.289 e. The molecule has 0 aliphatic rings. The van der Waals surface area contributed by atoms with Gasteiger partial charge in [0.15, 0.2) is 0 Å². The lowest BCUT2D eigenvalue weighted by Crippen LogP contribution is -2.04. The summed E-state index contributed by atoms with van der Waals surface area (Å²) in [4.78, 5) is 19.8. The average molecular weight is 115 g/mol. The van der Waals surface area contributed by atoms with Crippen LogP contribution in [0.5, 0.6) is 0 Å². The van der Waals surface area contributed by atoms with Gasteiger partial charge < -0.3 is 0 Å². The first-order chi connectivity index (χ1) is 3.72. The van der Waals surface area contributed by atoms with Crippen LogP contribution < -0.4 is 0 Å². The van der Waals surface area contributed by atoms with Crippen LogP contribution in [0.4, 0.5) is 0 Å².